The lowest BCUT2D eigenvalue weighted by Crippen LogP contribution is -2.48. The summed E-state index contributed by atoms with van der Waals surface area (Å²) in [5.41, 5.74) is 6.25. The van der Waals surface area contributed by atoms with E-state index in [1.54, 1.807) is 43.3 Å². The molecule has 1 heterocycles. The average molecular weight is 507 g/mol. The number of rotatable bonds is 9. The maximum atomic E-state index is 14.6. The van der Waals surface area contributed by atoms with Crippen molar-refractivity contribution in [2.45, 2.75) is 44.9 Å². The lowest BCUT2D eigenvalue weighted by atomic mass is 9.83. The molecule has 0 fully saturated rings. The van der Waals surface area contributed by atoms with Gasteiger partial charge in [-0.1, -0.05) is 55.8 Å². The molecule has 0 radical (unpaired) electrons. The molecule has 0 spiro atoms. The number of nitrogens with one attached hydrogen (secondary N) is 2. The molecule has 0 aromatic heterocycles. The van der Waals surface area contributed by atoms with Crippen molar-refractivity contribution in [3.63, 3.8) is 0 Å². The largest absolute Gasteiger partial charge is 0.389 e. The molecule has 0 saturated carbocycles. The van der Waals surface area contributed by atoms with Gasteiger partial charge in [0.05, 0.1) is 11.4 Å². The molecular formula is C25H26F4N4O3. The highest BCUT2D eigenvalue weighted by Gasteiger charge is 2.38. The fraction of sp³-hybridized carbons (Fsp3) is 0.360. The van der Waals surface area contributed by atoms with Crippen LogP contribution in [0.25, 0.3) is 0 Å². The number of carbonyl (C=O) groups is 3. The standard InChI is InChI=1S/C25H26F4N4O3/c1-2-7-15(21(30)34)16(12-13-25(27,28)29)23(35)33-22-24(36)32-20-17(10-6-11-18(20)26)19(31-22)14-8-4-3-5-9-14/h3-6,8-11,15-16,22H,2,7,12-13H2,1H3,(H2,30,34)(H,32,36)(H,33,35)/t15-,16+,22+/m0/s1. The first-order valence-corrected chi connectivity index (χ1v) is 11.4. The fourth-order valence-corrected chi connectivity index (χ4v) is 4.15. The monoisotopic (exact) mass is 506 g/mol. The third-order valence-corrected chi connectivity index (χ3v) is 5.88. The Kier molecular flexibility index (Phi) is 8.44. The van der Waals surface area contributed by atoms with Crippen LogP contribution >= 0.6 is 0 Å². The van der Waals surface area contributed by atoms with Gasteiger partial charge in [0.1, 0.15) is 5.82 Å². The number of primary amides is 1. The van der Waals surface area contributed by atoms with Crippen molar-refractivity contribution in [1.29, 1.82) is 0 Å². The van der Waals surface area contributed by atoms with E-state index in [2.05, 4.69) is 15.6 Å². The minimum absolute atomic E-state index is 0.0946. The van der Waals surface area contributed by atoms with E-state index in [1.165, 1.54) is 6.07 Å². The predicted molar refractivity (Wildman–Crippen MR) is 125 cm³/mol. The van der Waals surface area contributed by atoms with Gasteiger partial charge in [-0.2, -0.15) is 13.2 Å². The molecule has 3 atom stereocenters. The van der Waals surface area contributed by atoms with Crippen LogP contribution in [-0.4, -0.2) is 35.8 Å². The SMILES string of the molecule is CCC[C@H](C(N)=O)[C@@H](CCC(F)(F)F)C(=O)N[C@H]1N=C(c2ccccc2)c2cccc(F)c2NC1=O. The van der Waals surface area contributed by atoms with E-state index in [-0.39, 0.29) is 23.4 Å². The van der Waals surface area contributed by atoms with Crippen LogP contribution in [0.5, 0.6) is 0 Å². The molecule has 3 rings (SSSR count). The zero-order valence-corrected chi connectivity index (χ0v) is 19.4. The third kappa shape index (κ3) is 6.46. The Labute approximate surface area is 205 Å². The number of nitrogens with zero attached hydrogens (tertiary/aromatic N) is 1. The maximum Gasteiger partial charge on any atom is 0.389 e. The molecule has 4 N–H and O–H groups in total. The number of aliphatic imine (C=N–C) groups is 1. The van der Waals surface area contributed by atoms with Gasteiger partial charge < -0.3 is 16.4 Å². The van der Waals surface area contributed by atoms with Crippen molar-refractivity contribution in [3.8, 4) is 0 Å². The van der Waals surface area contributed by atoms with E-state index in [0.29, 0.717) is 12.0 Å². The molecule has 192 valence electrons. The summed E-state index contributed by atoms with van der Waals surface area (Å²) < 4.78 is 53.5. The zero-order chi connectivity index (χ0) is 26.5. The second-order valence-corrected chi connectivity index (χ2v) is 8.46. The molecule has 1 aliphatic heterocycles. The second kappa shape index (κ2) is 11.3. The highest BCUT2D eigenvalue weighted by Crippen LogP contribution is 2.30. The van der Waals surface area contributed by atoms with Gasteiger partial charge in [0.2, 0.25) is 18.0 Å². The number of alkyl halides is 3. The number of fused-ring (bicyclic) bond motifs is 1. The van der Waals surface area contributed by atoms with Gasteiger partial charge in [-0.15, -0.1) is 0 Å². The Hall–Kier alpha value is -3.76. The van der Waals surface area contributed by atoms with Crippen LogP contribution in [0.1, 0.15) is 43.7 Å². The van der Waals surface area contributed by atoms with Crippen molar-refractivity contribution in [3.05, 3.63) is 65.5 Å². The minimum Gasteiger partial charge on any atom is -0.369 e. The number of hydrogen-bond acceptors (Lipinski definition) is 4. The van der Waals surface area contributed by atoms with Crippen LogP contribution in [0.2, 0.25) is 0 Å². The summed E-state index contributed by atoms with van der Waals surface area (Å²) in [6.45, 7) is 1.70. The van der Waals surface area contributed by atoms with Crippen LogP contribution < -0.4 is 16.4 Å². The van der Waals surface area contributed by atoms with E-state index < -0.39 is 60.6 Å². The Morgan fingerprint density at radius 2 is 1.78 bits per heavy atom. The summed E-state index contributed by atoms with van der Waals surface area (Å²) in [6.07, 6.45) is -7.67. The Balaban J connectivity index is 1.99. The molecule has 0 unspecified atom stereocenters. The molecule has 36 heavy (non-hydrogen) atoms. The lowest BCUT2D eigenvalue weighted by molar-refractivity contribution is -0.146. The van der Waals surface area contributed by atoms with Gasteiger partial charge in [0.25, 0.3) is 5.91 Å². The van der Waals surface area contributed by atoms with E-state index in [4.69, 9.17) is 5.73 Å². The average Bonchev–Trinajstić information content (AvgIpc) is 2.95. The molecule has 0 bridgehead atoms. The summed E-state index contributed by atoms with van der Waals surface area (Å²) in [6, 6.07) is 12.7. The van der Waals surface area contributed by atoms with Gasteiger partial charge in [0.15, 0.2) is 0 Å². The number of para-hydroxylation sites is 1. The predicted octanol–water partition coefficient (Wildman–Crippen LogP) is 3.92. The zero-order valence-electron chi connectivity index (χ0n) is 19.4. The van der Waals surface area contributed by atoms with Crippen LogP contribution in [0.4, 0.5) is 23.2 Å². The quantitative estimate of drug-likeness (QED) is 0.448. The molecule has 0 saturated heterocycles. The van der Waals surface area contributed by atoms with Crippen molar-refractivity contribution >= 4 is 29.1 Å². The maximum absolute atomic E-state index is 14.6. The number of carbonyl (C=O) groups excluding carboxylic acids is 3. The van der Waals surface area contributed by atoms with Crippen LogP contribution in [0, 0.1) is 17.7 Å². The Morgan fingerprint density at radius 1 is 1.08 bits per heavy atom. The summed E-state index contributed by atoms with van der Waals surface area (Å²) in [4.78, 5) is 42.5. The molecule has 3 amide bonds. The van der Waals surface area contributed by atoms with Gasteiger partial charge in [-0.25, -0.2) is 9.38 Å². The van der Waals surface area contributed by atoms with Crippen molar-refractivity contribution in [1.82, 2.24) is 5.32 Å². The number of hydrogen-bond donors (Lipinski definition) is 3. The summed E-state index contributed by atoms with van der Waals surface area (Å²) in [7, 11) is 0. The van der Waals surface area contributed by atoms with Gasteiger partial charge >= 0.3 is 6.18 Å². The highest BCUT2D eigenvalue weighted by atomic mass is 19.4. The van der Waals surface area contributed by atoms with Crippen LogP contribution in [0.15, 0.2) is 53.5 Å². The first kappa shape index (κ1) is 26.8. The van der Waals surface area contributed by atoms with E-state index >= 15 is 0 Å². The van der Waals surface area contributed by atoms with Crippen molar-refractivity contribution in [2.75, 3.05) is 5.32 Å². The first-order chi connectivity index (χ1) is 17.0. The number of nitrogens with two attached hydrogens (primary N) is 1. The second-order valence-electron chi connectivity index (χ2n) is 8.46. The normalized spacial score (nSPS) is 17.2. The molecule has 7 nitrogen and oxygen atoms in total. The topological polar surface area (TPSA) is 114 Å². The summed E-state index contributed by atoms with van der Waals surface area (Å²) in [5.74, 6) is -6.10. The number of benzene rings is 2. The molecule has 2 aromatic carbocycles. The number of amides is 3. The fourth-order valence-electron chi connectivity index (χ4n) is 4.15. The van der Waals surface area contributed by atoms with Gasteiger partial charge in [0, 0.05) is 29.4 Å². The Bertz CT molecular complexity index is 1150. The molecule has 11 heteroatoms. The van der Waals surface area contributed by atoms with Crippen molar-refractivity contribution < 1.29 is 31.9 Å². The van der Waals surface area contributed by atoms with Crippen LogP contribution in [-0.2, 0) is 14.4 Å². The number of halogens is 4. The third-order valence-electron chi connectivity index (χ3n) is 5.88. The highest BCUT2D eigenvalue weighted by molar-refractivity contribution is 6.20. The summed E-state index contributed by atoms with van der Waals surface area (Å²) in [5, 5.41) is 4.76. The molecule has 1 aliphatic rings. The lowest BCUT2D eigenvalue weighted by Gasteiger charge is -2.25. The smallest absolute Gasteiger partial charge is 0.369 e. The van der Waals surface area contributed by atoms with Gasteiger partial charge in [-0.05, 0) is 18.9 Å². The van der Waals surface area contributed by atoms with E-state index in [9.17, 15) is 31.9 Å². The van der Waals surface area contributed by atoms with Gasteiger partial charge in [-0.3, -0.25) is 14.4 Å². The molecule has 0 aliphatic carbocycles. The molecular weight excluding hydrogens is 480 g/mol. The van der Waals surface area contributed by atoms with Crippen molar-refractivity contribution in [2.24, 2.45) is 22.6 Å². The Morgan fingerprint density at radius 3 is 2.39 bits per heavy atom. The van der Waals surface area contributed by atoms with Crippen LogP contribution in [0.3, 0.4) is 0 Å². The first-order valence-electron chi connectivity index (χ1n) is 11.4. The number of benzodiazepines with no additional fused rings is 1. The van der Waals surface area contributed by atoms with E-state index in [1.807, 2.05) is 0 Å². The minimum atomic E-state index is -4.57. The molecule has 2 aromatic rings. The van der Waals surface area contributed by atoms with E-state index in [0.717, 1.165) is 6.07 Å². The number of anilines is 1. The summed E-state index contributed by atoms with van der Waals surface area (Å²) >= 11 is 0.